The number of hydrogen-bond acceptors (Lipinski definition) is 3. The summed E-state index contributed by atoms with van der Waals surface area (Å²) in [6.45, 7) is 3.12. The van der Waals surface area contributed by atoms with E-state index in [0.29, 0.717) is 18.7 Å². The van der Waals surface area contributed by atoms with E-state index in [1.165, 1.54) is 0 Å². The maximum atomic E-state index is 12.4. The summed E-state index contributed by atoms with van der Waals surface area (Å²) in [5, 5.41) is 0. The van der Waals surface area contributed by atoms with Crippen LogP contribution in [0.4, 0.5) is 0 Å². The highest BCUT2D eigenvalue weighted by molar-refractivity contribution is 9.10. The molecule has 0 radical (unpaired) electrons. The lowest BCUT2D eigenvalue weighted by molar-refractivity contribution is -0.00461. The molecule has 2 atom stereocenters. The van der Waals surface area contributed by atoms with Crippen molar-refractivity contribution in [3.8, 4) is 0 Å². The Balaban J connectivity index is 2.14. The van der Waals surface area contributed by atoms with Gasteiger partial charge in [0.2, 0.25) is 0 Å². The van der Waals surface area contributed by atoms with Crippen LogP contribution in [0.5, 0.6) is 0 Å². The third kappa shape index (κ3) is 2.99. The summed E-state index contributed by atoms with van der Waals surface area (Å²) < 4.78 is 11.7. The maximum absolute atomic E-state index is 12.4. The van der Waals surface area contributed by atoms with Crippen molar-refractivity contribution in [1.82, 2.24) is 4.90 Å². The summed E-state index contributed by atoms with van der Waals surface area (Å²) in [6.07, 6.45) is -0.101. The molecule has 2 unspecified atom stereocenters. The molecule has 1 aromatic rings. The number of rotatable bonds is 3. The Labute approximate surface area is 121 Å². The van der Waals surface area contributed by atoms with Crippen LogP contribution >= 0.6 is 15.9 Å². The first-order valence-electron chi connectivity index (χ1n) is 6.17. The largest absolute Gasteiger partial charge is 0.377 e. The molecule has 1 saturated heterocycles. The Bertz CT molecular complexity index is 466. The number of methoxy groups -OCH3 is 2. The molecule has 0 aromatic heterocycles. The van der Waals surface area contributed by atoms with Crippen LogP contribution in [0.1, 0.15) is 15.9 Å². The van der Waals surface area contributed by atoms with Gasteiger partial charge in [0.15, 0.2) is 0 Å². The number of aryl methyl sites for hydroxylation is 1. The number of likely N-dealkylation sites (tertiary alicyclic amines) is 1. The van der Waals surface area contributed by atoms with Gasteiger partial charge < -0.3 is 14.4 Å². The van der Waals surface area contributed by atoms with E-state index < -0.39 is 0 Å². The number of carbonyl (C=O) groups is 1. The highest BCUT2D eigenvalue weighted by atomic mass is 79.9. The number of hydrogen-bond donors (Lipinski definition) is 0. The molecule has 0 N–H and O–H groups in total. The predicted molar refractivity (Wildman–Crippen MR) is 76.4 cm³/mol. The van der Waals surface area contributed by atoms with Gasteiger partial charge >= 0.3 is 0 Å². The average molecular weight is 328 g/mol. The SMILES string of the molecule is COC1CN(C(=O)c2ccc(Br)c(C)c2)CC1OC. The Morgan fingerprint density at radius 2 is 1.84 bits per heavy atom. The van der Waals surface area contributed by atoms with Gasteiger partial charge in [-0.05, 0) is 30.7 Å². The maximum Gasteiger partial charge on any atom is 0.254 e. The van der Waals surface area contributed by atoms with E-state index in [0.717, 1.165) is 10.0 Å². The molecule has 0 bridgehead atoms. The van der Waals surface area contributed by atoms with Gasteiger partial charge in [0.1, 0.15) is 12.2 Å². The molecule has 1 heterocycles. The molecule has 0 spiro atoms. The molecular weight excluding hydrogens is 310 g/mol. The molecule has 1 aliphatic heterocycles. The van der Waals surface area contributed by atoms with Crippen LogP contribution in [0.2, 0.25) is 0 Å². The molecule has 0 aliphatic carbocycles. The monoisotopic (exact) mass is 327 g/mol. The van der Waals surface area contributed by atoms with Crippen molar-refractivity contribution in [3.63, 3.8) is 0 Å². The van der Waals surface area contributed by atoms with E-state index in [4.69, 9.17) is 9.47 Å². The zero-order valence-electron chi connectivity index (χ0n) is 11.4. The van der Waals surface area contributed by atoms with Crippen LogP contribution in [0.3, 0.4) is 0 Å². The lowest BCUT2D eigenvalue weighted by atomic mass is 10.1. The fraction of sp³-hybridized carbons (Fsp3) is 0.500. The van der Waals surface area contributed by atoms with Crippen molar-refractivity contribution in [2.24, 2.45) is 0 Å². The Hall–Kier alpha value is -0.910. The number of nitrogens with zero attached hydrogens (tertiary/aromatic N) is 1. The standard InChI is InChI=1S/C14H18BrNO3/c1-9-6-10(4-5-11(9)15)14(17)16-7-12(18-2)13(8-16)19-3/h4-6,12-13H,7-8H2,1-3H3. The normalized spacial score (nSPS) is 22.8. The summed E-state index contributed by atoms with van der Waals surface area (Å²) in [6, 6.07) is 5.63. The Kier molecular flexibility index (Phi) is 4.60. The van der Waals surface area contributed by atoms with Gasteiger partial charge in [-0.1, -0.05) is 15.9 Å². The molecule has 5 heteroatoms. The first-order valence-corrected chi connectivity index (χ1v) is 6.97. The minimum absolute atomic E-state index is 0.0252. The van der Waals surface area contributed by atoms with Crippen LogP contribution in [0.25, 0.3) is 0 Å². The third-order valence-corrected chi connectivity index (χ3v) is 4.40. The highest BCUT2D eigenvalue weighted by Gasteiger charge is 2.35. The molecular formula is C14H18BrNO3. The van der Waals surface area contributed by atoms with Gasteiger partial charge in [-0.25, -0.2) is 0 Å². The average Bonchev–Trinajstić information content (AvgIpc) is 2.84. The molecule has 104 valence electrons. The Morgan fingerprint density at radius 3 is 2.32 bits per heavy atom. The summed E-state index contributed by atoms with van der Waals surface area (Å²) in [5.41, 5.74) is 1.75. The summed E-state index contributed by atoms with van der Waals surface area (Å²) in [5.74, 6) is 0.0252. The molecule has 19 heavy (non-hydrogen) atoms. The van der Waals surface area contributed by atoms with Crippen LogP contribution in [0, 0.1) is 6.92 Å². The van der Waals surface area contributed by atoms with Gasteiger partial charge in [0.05, 0.1) is 0 Å². The van der Waals surface area contributed by atoms with Crippen molar-refractivity contribution >= 4 is 21.8 Å². The molecule has 1 fully saturated rings. The second-order valence-corrected chi connectivity index (χ2v) is 5.58. The number of benzene rings is 1. The van der Waals surface area contributed by atoms with E-state index in [2.05, 4.69) is 15.9 Å². The second kappa shape index (κ2) is 6.03. The van der Waals surface area contributed by atoms with E-state index in [-0.39, 0.29) is 18.1 Å². The zero-order valence-corrected chi connectivity index (χ0v) is 12.9. The minimum atomic E-state index is -0.0505. The van der Waals surface area contributed by atoms with Crippen LogP contribution < -0.4 is 0 Å². The van der Waals surface area contributed by atoms with E-state index in [9.17, 15) is 4.79 Å². The molecule has 1 amide bonds. The van der Waals surface area contributed by atoms with Crippen molar-refractivity contribution in [1.29, 1.82) is 0 Å². The fourth-order valence-electron chi connectivity index (χ4n) is 2.32. The summed E-state index contributed by atoms with van der Waals surface area (Å²) in [4.78, 5) is 14.2. The third-order valence-electron chi connectivity index (χ3n) is 3.51. The minimum Gasteiger partial charge on any atom is -0.377 e. The van der Waals surface area contributed by atoms with Crippen molar-refractivity contribution < 1.29 is 14.3 Å². The quantitative estimate of drug-likeness (QED) is 0.854. The predicted octanol–water partition coefficient (Wildman–Crippen LogP) is 2.24. The number of amides is 1. The molecule has 4 nitrogen and oxygen atoms in total. The first-order chi connectivity index (χ1) is 9.06. The van der Waals surface area contributed by atoms with Crippen LogP contribution in [-0.4, -0.2) is 50.3 Å². The first kappa shape index (κ1) is 14.5. The number of ether oxygens (including phenoxy) is 2. The van der Waals surface area contributed by atoms with Gasteiger partial charge in [0.25, 0.3) is 5.91 Å². The van der Waals surface area contributed by atoms with Gasteiger partial charge in [-0.2, -0.15) is 0 Å². The summed E-state index contributed by atoms with van der Waals surface area (Å²) in [7, 11) is 3.29. The van der Waals surface area contributed by atoms with E-state index in [1.807, 2.05) is 25.1 Å². The topological polar surface area (TPSA) is 38.8 Å². The van der Waals surface area contributed by atoms with Crippen molar-refractivity contribution in [3.05, 3.63) is 33.8 Å². The molecule has 1 aliphatic rings. The molecule has 1 aromatic carbocycles. The Morgan fingerprint density at radius 1 is 1.26 bits per heavy atom. The summed E-state index contributed by atoms with van der Waals surface area (Å²) >= 11 is 3.44. The van der Waals surface area contributed by atoms with Crippen molar-refractivity contribution in [2.75, 3.05) is 27.3 Å². The molecule has 0 saturated carbocycles. The smallest absolute Gasteiger partial charge is 0.254 e. The van der Waals surface area contributed by atoms with Gasteiger partial charge in [-0.3, -0.25) is 4.79 Å². The zero-order chi connectivity index (χ0) is 14.0. The number of halogens is 1. The van der Waals surface area contributed by atoms with E-state index in [1.54, 1.807) is 19.1 Å². The van der Waals surface area contributed by atoms with Crippen LogP contribution in [0.15, 0.2) is 22.7 Å². The number of carbonyl (C=O) groups excluding carboxylic acids is 1. The molecule has 2 rings (SSSR count). The fourth-order valence-corrected chi connectivity index (χ4v) is 2.57. The highest BCUT2D eigenvalue weighted by Crippen LogP contribution is 2.21. The van der Waals surface area contributed by atoms with Gasteiger partial charge in [0, 0.05) is 37.3 Å². The lowest BCUT2D eigenvalue weighted by Crippen LogP contribution is -2.30. The van der Waals surface area contributed by atoms with Crippen LogP contribution in [-0.2, 0) is 9.47 Å². The second-order valence-electron chi connectivity index (χ2n) is 4.72. The lowest BCUT2D eigenvalue weighted by Gasteiger charge is -2.16. The van der Waals surface area contributed by atoms with E-state index >= 15 is 0 Å². The van der Waals surface area contributed by atoms with Crippen molar-refractivity contribution in [2.45, 2.75) is 19.1 Å². The van der Waals surface area contributed by atoms with Gasteiger partial charge in [-0.15, -0.1) is 0 Å².